The quantitative estimate of drug-likeness (QED) is 0.697. The van der Waals surface area contributed by atoms with Crippen LogP contribution in [0.15, 0.2) is 18.2 Å². The maximum Gasteiger partial charge on any atom is 0.276 e. The minimum Gasteiger partial charge on any atom is -0.366 e. The number of hydrogen-bond donors (Lipinski definition) is 2. The van der Waals surface area contributed by atoms with E-state index in [1.54, 1.807) is 22.9 Å². The highest BCUT2D eigenvalue weighted by Crippen LogP contribution is 2.25. The largest absolute Gasteiger partial charge is 0.366 e. The number of imidazole rings is 1. The Labute approximate surface area is 157 Å². The zero-order valence-corrected chi connectivity index (χ0v) is 16.0. The summed E-state index contributed by atoms with van der Waals surface area (Å²) in [5, 5.41) is 7.22. The summed E-state index contributed by atoms with van der Waals surface area (Å²) >= 11 is 0. The van der Waals surface area contributed by atoms with Crippen molar-refractivity contribution in [3.63, 3.8) is 0 Å². The van der Waals surface area contributed by atoms with Crippen molar-refractivity contribution in [2.24, 2.45) is 5.73 Å². The SMILES string of the molecule is CCCn1c(NC(=O)c2cc(C)nn2CC)nc2cc(C(N)=O)cc(C)c21. The lowest BCUT2D eigenvalue weighted by atomic mass is 10.1. The van der Waals surface area contributed by atoms with Crippen LogP contribution in [-0.4, -0.2) is 31.1 Å². The number of amides is 2. The molecule has 0 bridgehead atoms. The van der Waals surface area contributed by atoms with E-state index in [2.05, 4.69) is 22.3 Å². The van der Waals surface area contributed by atoms with E-state index in [1.807, 2.05) is 25.3 Å². The van der Waals surface area contributed by atoms with Crippen molar-refractivity contribution in [2.75, 3.05) is 5.32 Å². The molecule has 2 aromatic heterocycles. The van der Waals surface area contributed by atoms with Gasteiger partial charge < -0.3 is 10.3 Å². The van der Waals surface area contributed by atoms with Crippen molar-refractivity contribution < 1.29 is 9.59 Å². The highest BCUT2D eigenvalue weighted by molar-refractivity contribution is 6.03. The summed E-state index contributed by atoms with van der Waals surface area (Å²) in [7, 11) is 0. The number of hydrogen-bond acceptors (Lipinski definition) is 4. The van der Waals surface area contributed by atoms with Gasteiger partial charge in [0.1, 0.15) is 5.69 Å². The van der Waals surface area contributed by atoms with E-state index in [0.717, 1.165) is 23.2 Å². The molecular weight excluding hydrogens is 344 g/mol. The van der Waals surface area contributed by atoms with Crippen LogP contribution < -0.4 is 11.1 Å². The summed E-state index contributed by atoms with van der Waals surface area (Å²) in [5.74, 6) is -0.320. The molecule has 0 saturated carbocycles. The van der Waals surface area contributed by atoms with Crippen LogP contribution in [0.2, 0.25) is 0 Å². The highest BCUT2D eigenvalue weighted by atomic mass is 16.2. The number of primary amides is 1. The molecular formula is C19H24N6O2. The van der Waals surface area contributed by atoms with Crippen LogP contribution in [0.1, 0.15) is 52.4 Å². The van der Waals surface area contributed by atoms with E-state index in [9.17, 15) is 9.59 Å². The maximum atomic E-state index is 12.8. The molecule has 0 aliphatic heterocycles. The Kier molecular flexibility index (Phi) is 4.98. The summed E-state index contributed by atoms with van der Waals surface area (Å²) in [6.45, 7) is 9.04. The van der Waals surface area contributed by atoms with Gasteiger partial charge in [0, 0.05) is 18.7 Å². The molecule has 3 aromatic rings. The highest BCUT2D eigenvalue weighted by Gasteiger charge is 2.19. The molecule has 27 heavy (non-hydrogen) atoms. The third kappa shape index (κ3) is 3.42. The molecule has 8 heteroatoms. The summed E-state index contributed by atoms with van der Waals surface area (Å²) in [5.41, 5.74) is 9.49. The smallest absolute Gasteiger partial charge is 0.276 e. The van der Waals surface area contributed by atoms with Crippen LogP contribution in [0.5, 0.6) is 0 Å². The first kappa shape index (κ1) is 18.6. The number of fused-ring (bicyclic) bond motifs is 1. The van der Waals surface area contributed by atoms with Gasteiger partial charge in [0.25, 0.3) is 5.91 Å². The predicted molar refractivity (Wildman–Crippen MR) is 104 cm³/mol. The van der Waals surface area contributed by atoms with Crippen LogP contribution >= 0.6 is 0 Å². The van der Waals surface area contributed by atoms with Gasteiger partial charge in [-0.3, -0.25) is 19.6 Å². The molecule has 0 atom stereocenters. The van der Waals surface area contributed by atoms with E-state index in [1.165, 1.54) is 0 Å². The van der Waals surface area contributed by atoms with Gasteiger partial charge >= 0.3 is 0 Å². The van der Waals surface area contributed by atoms with Crippen LogP contribution in [0.25, 0.3) is 11.0 Å². The van der Waals surface area contributed by atoms with E-state index in [-0.39, 0.29) is 5.91 Å². The van der Waals surface area contributed by atoms with Gasteiger partial charge in [-0.1, -0.05) is 6.92 Å². The minimum atomic E-state index is -0.502. The van der Waals surface area contributed by atoms with Crippen molar-refractivity contribution in [1.82, 2.24) is 19.3 Å². The van der Waals surface area contributed by atoms with Crippen molar-refractivity contribution in [1.29, 1.82) is 0 Å². The molecule has 0 saturated heterocycles. The van der Waals surface area contributed by atoms with Crippen molar-refractivity contribution >= 4 is 28.8 Å². The summed E-state index contributed by atoms with van der Waals surface area (Å²) < 4.78 is 3.63. The number of nitrogens with zero attached hydrogens (tertiary/aromatic N) is 4. The molecule has 3 N–H and O–H groups in total. The van der Waals surface area contributed by atoms with E-state index >= 15 is 0 Å². The second kappa shape index (κ2) is 7.22. The van der Waals surface area contributed by atoms with Gasteiger partial charge in [0.05, 0.1) is 16.7 Å². The average molecular weight is 368 g/mol. The Balaban J connectivity index is 2.07. The topological polar surface area (TPSA) is 108 Å². The Morgan fingerprint density at radius 3 is 2.56 bits per heavy atom. The Morgan fingerprint density at radius 2 is 1.93 bits per heavy atom. The first-order valence-electron chi connectivity index (χ1n) is 9.02. The summed E-state index contributed by atoms with van der Waals surface area (Å²) in [6, 6.07) is 5.16. The molecule has 0 aliphatic rings. The number of carbonyl (C=O) groups is 2. The molecule has 0 aliphatic carbocycles. The van der Waals surface area contributed by atoms with Crippen LogP contribution in [0, 0.1) is 13.8 Å². The number of anilines is 1. The predicted octanol–water partition coefficient (Wildman–Crippen LogP) is 2.63. The second-order valence-electron chi connectivity index (χ2n) is 6.55. The zero-order valence-electron chi connectivity index (χ0n) is 16.0. The van der Waals surface area contributed by atoms with Crippen LogP contribution in [0.4, 0.5) is 5.95 Å². The lowest BCUT2D eigenvalue weighted by Crippen LogP contribution is -2.20. The Morgan fingerprint density at radius 1 is 1.19 bits per heavy atom. The third-order valence-corrected chi connectivity index (χ3v) is 4.42. The Hall–Kier alpha value is -3.16. The fraction of sp³-hybridized carbons (Fsp3) is 0.368. The van der Waals surface area contributed by atoms with Crippen LogP contribution in [-0.2, 0) is 13.1 Å². The normalized spacial score (nSPS) is 11.1. The van der Waals surface area contributed by atoms with Gasteiger partial charge in [-0.25, -0.2) is 4.98 Å². The molecule has 8 nitrogen and oxygen atoms in total. The Bertz CT molecular complexity index is 1030. The second-order valence-corrected chi connectivity index (χ2v) is 6.55. The number of rotatable bonds is 6. The molecule has 1 aromatic carbocycles. The number of nitrogens with two attached hydrogens (primary N) is 1. The molecule has 3 rings (SSSR count). The fourth-order valence-electron chi connectivity index (χ4n) is 3.29. The van der Waals surface area contributed by atoms with Crippen molar-refractivity contribution in [2.45, 2.75) is 47.2 Å². The van der Waals surface area contributed by atoms with E-state index in [0.29, 0.717) is 35.8 Å². The first-order valence-corrected chi connectivity index (χ1v) is 9.02. The summed E-state index contributed by atoms with van der Waals surface area (Å²) in [4.78, 5) is 28.9. The van der Waals surface area contributed by atoms with Gasteiger partial charge in [0.2, 0.25) is 11.9 Å². The number of nitrogens with one attached hydrogen (secondary N) is 1. The number of carbonyl (C=O) groups excluding carboxylic acids is 2. The molecule has 0 fully saturated rings. The molecule has 0 unspecified atom stereocenters. The van der Waals surface area contributed by atoms with Crippen molar-refractivity contribution in [3.8, 4) is 0 Å². The van der Waals surface area contributed by atoms with Crippen molar-refractivity contribution in [3.05, 3.63) is 40.7 Å². The van der Waals surface area contributed by atoms with Gasteiger partial charge in [-0.2, -0.15) is 5.10 Å². The van der Waals surface area contributed by atoms with Gasteiger partial charge in [0.15, 0.2) is 0 Å². The number of benzene rings is 1. The third-order valence-electron chi connectivity index (χ3n) is 4.42. The molecule has 0 radical (unpaired) electrons. The van der Waals surface area contributed by atoms with Gasteiger partial charge in [-0.15, -0.1) is 0 Å². The van der Waals surface area contributed by atoms with Gasteiger partial charge in [-0.05, 0) is 51.0 Å². The summed E-state index contributed by atoms with van der Waals surface area (Å²) in [6.07, 6.45) is 0.872. The first-order chi connectivity index (χ1) is 12.8. The molecule has 2 heterocycles. The number of aryl methyl sites for hydroxylation is 4. The van der Waals surface area contributed by atoms with E-state index in [4.69, 9.17) is 5.73 Å². The monoisotopic (exact) mass is 368 g/mol. The number of aromatic nitrogens is 4. The average Bonchev–Trinajstić information content (AvgIpc) is 3.16. The lowest BCUT2D eigenvalue weighted by molar-refractivity contribution is 0.0996. The molecule has 2 amide bonds. The molecule has 142 valence electrons. The minimum absolute atomic E-state index is 0.266. The maximum absolute atomic E-state index is 12.8. The zero-order chi connectivity index (χ0) is 19.7. The lowest BCUT2D eigenvalue weighted by Gasteiger charge is -2.11. The standard InChI is InChI=1S/C19H24N6O2/c1-5-7-24-16-11(3)8-13(17(20)26)10-14(16)21-19(24)22-18(27)15-9-12(4)23-25(15)6-2/h8-10H,5-7H2,1-4H3,(H2,20,26)(H,21,22,27). The van der Waals surface area contributed by atoms with E-state index < -0.39 is 5.91 Å². The van der Waals surface area contributed by atoms with Crippen LogP contribution in [0.3, 0.4) is 0 Å². The fourth-order valence-corrected chi connectivity index (χ4v) is 3.29. The molecule has 0 spiro atoms.